The van der Waals surface area contributed by atoms with E-state index in [1.165, 1.54) is 0 Å². The highest BCUT2D eigenvalue weighted by Gasteiger charge is 2.31. The van der Waals surface area contributed by atoms with Crippen LogP contribution in [0.3, 0.4) is 0 Å². The topological polar surface area (TPSA) is 50.8 Å². The Kier molecular flexibility index (Phi) is 4.70. The van der Waals surface area contributed by atoms with Crippen LogP contribution in [0.4, 0.5) is 5.69 Å². The predicted octanol–water partition coefficient (Wildman–Crippen LogP) is 2.90. The van der Waals surface area contributed by atoms with E-state index in [1.54, 1.807) is 13.2 Å². The molecule has 1 saturated heterocycles. The molecule has 0 aliphatic carbocycles. The van der Waals surface area contributed by atoms with Gasteiger partial charge in [-0.25, -0.2) is 0 Å². The Morgan fingerprint density at radius 1 is 1.25 bits per heavy atom. The normalized spacial score (nSPS) is 16.6. The summed E-state index contributed by atoms with van der Waals surface area (Å²) in [6.45, 7) is 4.38. The lowest BCUT2D eigenvalue weighted by Gasteiger charge is -2.26. The monoisotopic (exact) mass is 324 g/mol. The second-order valence-corrected chi connectivity index (χ2v) is 5.44. The number of para-hydroxylation sites is 1. The third kappa shape index (κ3) is 3.20. The van der Waals surface area contributed by atoms with Gasteiger partial charge in [-0.3, -0.25) is 4.79 Å². The first-order valence-corrected chi connectivity index (χ1v) is 7.75. The van der Waals surface area contributed by atoms with Crippen LogP contribution in [0, 0.1) is 0 Å². The maximum absolute atomic E-state index is 12.0. The standard InChI is InChI=1S/C19H20N2O3/c1-3-11-24-16-10-9-14(12-17(16)23-2)19-20-18(22)13-21(19)15-7-5-4-6-8-15/h3-10,12,19H,1,11,13H2,2H3,(H,20,22). The largest absolute Gasteiger partial charge is 0.493 e. The molecule has 0 spiro atoms. The first-order chi connectivity index (χ1) is 11.7. The molecule has 124 valence electrons. The molecule has 1 aliphatic heterocycles. The molecule has 1 heterocycles. The van der Waals surface area contributed by atoms with Crippen molar-refractivity contribution in [1.29, 1.82) is 0 Å². The molecular weight excluding hydrogens is 304 g/mol. The van der Waals surface area contributed by atoms with E-state index in [-0.39, 0.29) is 12.1 Å². The molecule has 0 radical (unpaired) electrons. The summed E-state index contributed by atoms with van der Waals surface area (Å²) in [7, 11) is 1.60. The minimum Gasteiger partial charge on any atom is -0.493 e. The number of nitrogens with zero attached hydrogens (tertiary/aromatic N) is 1. The van der Waals surface area contributed by atoms with Gasteiger partial charge in [0.2, 0.25) is 5.91 Å². The number of rotatable bonds is 6. The van der Waals surface area contributed by atoms with Crippen molar-refractivity contribution in [2.24, 2.45) is 0 Å². The predicted molar refractivity (Wildman–Crippen MR) is 93.4 cm³/mol. The first kappa shape index (κ1) is 15.9. The van der Waals surface area contributed by atoms with Crippen LogP contribution in [0.2, 0.25) is 0 Å². The summed E-state index contributed by atoms with van der Waals surface area (Å²) in [5, 5.41) is 3.01. The smallest absolute Gasteiger partial charge is 0.241 e. The Bertz CT molecular complexity index is 731. The summed E-state index contributed by atoms with van der Waals surface area (Å²) in [5.74, 6) is 1.27. The van der Waals surface area contributed by atoms with Crippen LogP contribution in [0.1, 0.15) is 11.7 Å². The SMILES string of the molecule is C=CCOc1ccc(C2NC(=O)CN2c2ccccc2)cc1OC. The molecule has 0 saturated carbocycles. The van der Waals surface area contributed by atoms with E-state index in [2.05, 4.69) is 11.9 Å². The molecule has 1 amide bonds. The summed E-state index contributed by atoms with van der Waals surface area (Å²) >= 11 is 0. The van der Waals surface area contributed by atoms with E-state index in [0.717, 1.165) is 11.3 Å². The Morgan fingerprint density at radius 3 is 2.75 bits per heavy atom. The van der Waals surface area contributed by atoms with Gasteiger partial charge in [0, 0.05) is 5.69 Å². The van der Waals surface area contributed by atoms with Crippen molar-refractivity contribution in [3.05, 3.63) is 66.7 Å². The summed E-state index contributed by atoms with van der Waals surface area (Å²) in [6, 6.07) is 15.5. The number of hydrogen-bond acceptors (Lipinski definition) is 4. The van der Waals surface area contributed by atoms with Crippen molar-refractivity contribution in [3.8, 4) is 11.5 Å². The molecule has 24 heavy (non-hydrogen) atoms. The fourth-order valence-electron chi connectivity index (χ4n) is 2.77. The average Bonchev–Trinajstić information content (AvgIpc) is 3.02. The number of anilines is 1. The van der Waals surface area contributed by atoms with Crippen molar-refractivity contribution >= 4 is 11.6 Å². The molecule has 2 aromatic rings. The molecule has 0 aromatic heterocycles. The minimum atomic E-state index is -0.234. The fraction of sp³-hybridized carbons (Fsp3) is 0.211. The van der Waals surface area contributed by atoms with E-state index in [1.807, 2.05) is 53.4 Å². The van der Waals surface area contributed by atoms with Crippen molar-refractivity contribution in [2.45, 2.75) is 6.17 Å². The highest BCUT2D eigenvalue weighted by molar-refractivity contribution is 5.86. The van der Waals surface area contributed by atoms with E-state index in [0.29, 0.717) is 24.7 Å². The number of nitrogens with one attached hydrogen (secondary N) is 1. The van der Waals surface area contributed by atoms with Gasteiger partial charge in [0.1, 0.15) is 12.8 Å². The zero-order valence-electron chi connectivity index (χ0n) is 13.6. The second-order valence-electron chi connectivity index (χ2n) is 5.44. The van der Waals surface area contributed by atoms with Gasteiger partial charge in [-0.05, 0) is 29.8 Å². The van der Waals surface area contributed by atoms with Crippen molar-refractivity contribution in [2.75, 3.05) is 25.2 Å². The molecule has 5 nitrogen and oxygen atoms in total. The van der Waals surface area contributed by atoms with Crippen LogP contribution < -0.4 is 19.7 Å². The Labute approximate surface area is 141 Å². The maximum Gasteiger partial charge on any atom is 0.241 e. The molecular formula is C19H20N2O3. The summed E-state index contributed by atoms with van der Waals surface area (Å²) in [5.41, 5.74) is 1.93. The minimum absolute atomic E-state index is 0.00481. The first-order valence-electron chi connectivity index (χ1n) is 7.75. The van der Waals surface area contributed by atoms with Crippen LogP contribution in [-0.4, -0.2) is 26.2 Å². The maximum atomic E-state index is 12.0. The van der Waals surface area contributed by atoms with Gasteiger partial charge < -0.3 is 19.7 Å². The third-order valence-electron chi connectivity index (χ3n) is 3.87. The van der Waals surface area contributed by atoms with Crippen molar-refractivity contribution < 1.29 is 14.3 Å². The molecule has 2 aromatic carbocycles. The Balaban J connectivity index is 1.91. The number of ether oxygens (including phenoxy) is 2. The van der Waals surface area contributed by atoms with Gasteiger partial charge in [0.25, 0.3) is 0 Å². The Hall–Kier alpha value is -2.95. The molecule has 1 fully saturated rings. The van der Waals surface area contributed by atoms with E-state index in [9.17, 15) is 4.79 Å². The number of benzene rings is 2. The fourth-order valence-corrected chi connectivity index (χ4v) is 2.77. The van der Waals surface area contributed by atoms with Crippen LogP contribution in [-0.2, 0) is 4.79 Å². The summed E-state index contributed by atoms with van der Waals surface area (Å²) < 4.78 is 11.0. The molecule has 1 atom stereocenters. The summed E-state index contributed by atoms with van der Waals surface area (Å²) in [4.78, 5) is 14.0. The average molecular weight is 324 g/mol. The highest BCUT2D eigenvalue weighted by atomic mass is 16.5. The number of methoxy groups -OCH3 is 1. The lowest BCUT2D eigenvalue weighted by molar-refractivity contribution is -0.118. The Morgan fingerprint density at radius 2 is 2.04 bits per heavy atom. The van der Waals surface area contributed by atoms with Crippen molar-refractivity contribution in [1.82, 2.24) is 5.32 Å². The number of carbonyl (C=O) groups is 1. The number of hydrogen-bond donors (Lipinski definition) is 1. The third-order valence-corrected chi connectivity index (χ3v) is 3.87. The van der Waals surface area contributed by atoms with Crippen LogP contribution >= 0.6 is 0 Å². The molecule has 0 bridgehead atoms. The number of amides is 1. The quantitative estimate of drug-likeness (QED) is 0.830. The zero-order valence-corrected chi connectivity index (χ0v) is 13.6. The summed E-state index contributed by atoms with van der Waals surface area (Å²) in [6.07, 6.45) is 1.45. The molecule has 1 N–H and O–H groups in total. The molecule has 5 heteroatoms. The zero-order chi connectivity index (χ0) is 16.9. The van der Waals surface area contributed by atoms with Gasteiger partial charge in [0.05, 0.1) is 13.7 Å². The van der Waals surface area contributed by atoms with Gasteiger partial charge in [-0.2, -0.15) is 0 Å². The van der Waals surface area contributed by atoms with Gasteiger partial charge in [-0.1, -0.05) is 36.9 Å². The van der Waals surface area contributed by atoms with Crippen LogP contribution in [0.5, 0.6) is 11.5 Å². The molecule has 1 aliphatic rings. The van der Waals surface area contributed by atoms with Crippen LogP contribution in [0.25, 0.3) is 0 Å². The number of carbonyl (C=O) groups excluding carboxylic acids is 1. The lowest BCUT2D eigenvalue weighted by Crippen LogP contribution is -2.27. The second kappa shape index (κ2) is 7.08. The van der Waals surface area contributed by atoms with E-state index in [4.69, 9.17) is 9.47 Å². The molecule has 1 unspecified atom stereocenters. The van der Waals surface area contributed by atoms with Crippen molar-refractivity contribution in [3.63, 3.8) is 0 Å². The highest BCUT2D eigenvalue weighted by Crippen LogP contribution is 2.34. The lowest BCUT2D eigenvalue weighted by atomic mass is 10.1. The van der Waals surface area contributed by atoms with Crippen LogP contribution in [0.15, 0.2) is 61.2 Å². The van der Waals surface area contributed by atoms with E-state index < -0.39 is 0 Å². The molecule has 3 rings (SSSR count). The van der Waals surface area contributed by atoms with Gasteiger partial charge >= 0.3 is 0 Å². The van der Waals surface area contributed by atoms with Gasteiger partial charge in [0.15, 0.2) is 11.5 Å². The van der Waals surface area contributed by atoms with E-state index >= 15 is 0 Å². The van der Waals surface area contributed by atoms with Gasteiger partial charge in [-0.15, -0.1) is 0 Å².